The Morgan fingerprint density at radius 2 is 2.06 bits per heavy atom. The van der Waals surface area contributed by atoms with Crippen LogP contribution in [0.2, 0.25) is 0 Å². The Morgan fingerprint density at radius 3 is 2.56 bits per heavy atom. The molecule has 1 saturated heterocycles. The first-order valence-electron chi connectivity index (χ1n) is 7.68. The highest BCUT2D eigenvalue weighted by Gasteiger charge is 2.37. The summed E-state index contributed by atoms with van der Waals surface area (Å²) in [4.78, 5) is 14.7. The number of rotatable bonds is 6. The molecule has 1 amide bonds. The van der Waals surface area contributed by atoms with Crippen molar-refractivity contribution >= 4 is 5.91 Å². The van der Waals surface area contributed by atoms with Crippen molar-refractivity contribution in [2.24, 2.45) is 5.92 Å². The number of amides is 1. The zero-order valence-electron chi connectivity index (χ0n) is 12.1. The van der Waals surface area contributed by atoms with Gasteiger partial charge in [0.25, 0.3) is 0 Å². The van der Waals surface area contributed by atoms with Crippen molar-refractivity contribution in [1.29, 1.82) is 0 Å². The predicted molar refractivity (Wildman–Crippen MR) is 74.4 cm³/mol. The summed E-state index contributed by atoms with van der Waals surface area (Å²) in [7, 11) is 0. The molecular formula is C15H28N2O. The highest BCUT2D eigenvalue weighted by molar-refractivity contribution is 5.78. The van der Waals surface area contributed by atoms with Crippen LogP contribution in [0.3, 0.4) is 0 Å². The third kappa shape index (κ3) is 3.25. The standard InChI is InChI=1S/C15H28N2O/c1-4-11(2)12(3)17(14-7-8-14)15(18)10-13-6-5-9-16-13/h11-14,16H,4-10H2,1-3H3. The molecule has 1 aliphatic carbocycles. The van der Waals surface area contributed by atoms with Gasteiger partial charge in [0.05, 0.1) is 0 Å². The van der Waals surface area contributed by atoms with Crippen molar-refractivity contribution in [3.05, 3.63) is 0 Å². The molecule has 2 aliphatic rings. The van der Waals surface area contributed by atoms with Crippen molar-refractivity contribution in [3.8, 4) is 0 Å². The van der Waals surface area contributed by atoms with Crippen LogP contribution in [0, 0.1) is 5.92 Å². The molecule has 0 spiro atoms. The summed E-state index contributed by atoms with van der Waals surface area (Å²) in [6, 6.07) is 1.38. The molecule has 1 saturated carbocycles. The van der Waals surface area contributed by atoms with Gasteiger partial charge in [-0.2, -0.15) is 0 Å². The molecule has 3 nitrogen and oxygen atoms in total. The van der Waals surface area contributed by atoms with E-state index in [9.17, 15) is 4.79 Å². The van der Waals surface area contributed by atoms with Gasteiger partial charge in [-0.3, -0.25) is 4.79 Å². The topological polar surface area (TPSA) is 32.3 Å². The Bertz CT molecular complexity index is 282. The highest BCUT2D eigenvalue weighted by Crippen LogP contribution is 2.32. The quantitative estimate of drug-likeness (QED) is 0.788. The third-order valence-electron chi connectivity index (χ3n) is 4.72. The van der Waals surface area contributed by atoms with Gasteiger partial charge in [0.15, 0.2) is 0 Å². The Kier molecular flexibility index (Phi) is 4.66. The van der Waals surface area contributed by atoms with E-state index < -0.39 is 0 Å². The van der Waals surface area contributed by atoms with Crippen LogP contribution in [-0.4, -0.2) is 35.5 Å². The van der Waals surface area contributed by atoms with Gasteiger partial charge in [0.1, 0.15) is 0 Å². The molecule has 3 unspecified atom stereocenters. The van der Waals surface area contributed by atoms with Gasteiger partial charge in [-0.25, -0.2) is 0 Å². The second-order valence-corrected chi connectivity index (χ2v) is 6.16. The van der Waals surface area contributed by atoms with Crippen molar-refractivity contribution in [2.75, 3.05) is 6.54 Å². The summed E-state index contributed by atoms with van der Waals surface area (Å²) in [5.74, 6) is 0.982. The van der Waals surface area contributed by atoms with Gasteiger partial charge in [-0.1, -0.05) is 20.3 Å². The van der Waals surface area contributed by atoms with E-state index in [1.165, 1.54) is 25.7 Å². The fourth-order valence-corrected chi connectivity index (χ4v) is 2.98. The van der Waals surface area contributed by atoms with Crippen LogP contribution in [0.5, 0.6) is 0 Å². The summed E-state index contributed by atoms with van der Waals surface area (Å²) < 4.78 is 0. The van der Waals surface area contributed by atoms with E-state index in [4.69, 9.17) is 0 Å². The molecule has 0 radical (unpaired) electrons. The summed E-state index contributed by atoms with van der Waals surface area (Å²) in [5, 5.41) is 3.44. The van der Waals surface area contributed by atoms with Crippen LogP contribution >= 0.6 is 0 Å². The first-order valence-corrected chi connectivity index (χ1v) is 7.68. The van der Waals surface area contributed by atoms with E-state index >= 15 is 0 Å². The van der Waals surface area contributed by atoms with E-state index in [1.807, 2.05) is 0 Å². The number of nitrogens with one attached hydrogen (secondary N) is 1. The van der Waals surface area contributed by atoms with Crippen LogP contribution in [0.1, 0.15) is 59.3 Å². The minimum absolute atomic E-state index is 0.379. The van der Waals surface area contributed by atoms with E-state index in [1.54, 1.807) is 0 Å². The average molecular weight is 252 g/mol. The Morgan fingerprint density at radius 1 is 1.33 bits per heavy atom. The SMILES string of the molecule is CCC(C)C(C)N(C(=O)CC1CCCN1)C1CC1. The molecule has 2 rings (SSSR count). The Hall–Kier alpha value is -0.570. The summed E-state index contributed by atoms with van der Waals surface area (Å²) in [6.07, 6.45) is 6.68. The van der Waals surface area contributed by atoms with Gasteiger partial charge in [-0.15, -0.1) is 0 Å². The van der Waals surface area contributed by atoms with Crippen LogP contribution in [0.25, 0.3) is 0 Å². The van der Waals surface area contributed by atoms with Crippen molar-refractivity contribution < 1.29 is 4.79 Å². The van der Waals surface area contributed by atoms with E-state index in [0.29, 0.717) is 36.4 Å². The minimum atomic E-state index is 0.379. The first-order chi connectivity index (χ1) is 8.63. The summed E-state index contributed by atoms with van der Waals surface area (Å²) in [5.41, 5.74) is 0. The molecular weight excluding hydrogens is 224 g/mol. The second kappa shape index (κ2) is 6.05. The molecule has 0 bridgehead atoms. The molecule has 0 aromatic rings. The number of hydrogen-bond donors (Lipinski definition) is 1. The van der Waals surface area contributed by atoms with Crippen molar-refractivity contribution in [1.82, 2.24) is 10.2 Å². The summed E-state index contributed by atoms with van der Waals surface area (Å²) >= 11 is 0. The number of carbonyl (C=O) groups is 1. The van der Waals surface area contributed by atoms with Gasteiger partial charge < -0.3 is 10.2 Å². The molecule has 3 heteroatoms. The minimum Gasteiger partial charge on any atom is -0.337 e. The number of hydrogen-bond acceptors (Lipinski definition) is 2. The van der Waals surface area contributed by atoms with Gasteiger partial charge in [0.2, 0.25) is 5.91 Å². The lowest BCUT2D eigenvalue weighted by molar-refractivity contribution is -0.135. The molecule has 18 heavy (non-hydrogen) atoms. The lowest BCUT2D eigenvalue weighted by atomic mass is 9.98. The molecule has 0 aromatic heterocycles. The Balaban J connectivity index is 1.93. The zero-order chi connectivity index (χ0) is 13.1. The van der Waals surface area contributed by atoms with Crippen LogP contribution < -0.4 is 5.32 Å². The van der Waals surface area contributed by atoms with Crippen molar-refractivity contribution in [2.45, 2.75) is 77.4 Å². The van der Waals surface area contributed by atoms with Crippen LogP contribution in [0.15, 0.2) is 0 Å². The molecule has 3 atom stereocenters. The Labute approximate surface area is 111 Å². The zero-order valence-corrected chi connectivity index (χ0v) is 12.1. The smallest absolute Gasteiger partial charge is 0.224 e. The van der Waals surface area contributed by atoms with E-state index in [-0.39, 0.29) is 0 Å². The van der Waals surface area contributed by atoms with Gasteiger partial charge in [0, 0.05) is 24.5 Å². The van der Waals surface area contributed by atoms with Gasteiger partial charge in [-0.05, 0) is 45.1 Å². The van der Waals surface area contributed by atoms with Crippen molar-refractivity contribution in [3.63, 3.8) is 0 Å². The second-order valence-electron chi connectivity index (χ2n) is 6.16. The third-order valence-corrected chi connectivity index (χ3v) is 4.72. The number of carbonyl (C=O) groups excluding carboxylic acids is 1. The monoisotopic (exact) mass is 252 g/mol. The lowest BCUT2D eigenvalue weighted by Gasteiger charge is -2.34. The molecule has 104 valence electrons. The lowest BCUT2D eigenvalue weighted by Crippen LogP contribution is -2.45. The average Bonchev–Trinajstić information content (AvgIpc) is 3.05. The van der Waals surface area contributed by atoms with Gasteiger partial charge >= 0.3 is 0 Å². The fourth-order valence-electron chi connectivity index (χ4n) is 2.98. The number of nitrogens with zero attached hydrogens (tertiary/aromatic N) is 1. The maximum atomic E-state index is 12.5. The molecule has 1 heterocycles. The summed E-state index contributed by atoms with van der Waals surface area (Å²) in [6.45, 7) is 7.80. The maximum absolute atomic E-state index is 12.5. The van der Waals surface area contributed by atoms with Crippen LogP contribution in [-0.2, 0) is 4.79 Å². The molecule has 1 aliphatic heterocycles. The van der Waals surface area contributed by atoms with E-state index in [2.05, 4.69) is 31.0 Å². The van der Waals surface area contributed by atoms with Crippen LogP contribution in [0.4, 0.5) is 0 Å². The fraction of sp³-hybridized carbons (Fsp3) is 0.933. The molecule has 0 aromatic carbocycles. The maximum Gasteiger partial charge on any atom is 0.224 e. The predicted octanol–water partition coefficient (Wildman–Crippen LogP) is 2.55. The normalized spacial score (nSPS) is 26.9. The highest BCUT2D eigenvalue weighted by atomic mass is 16.2. The molecule has 2 fully saturated rings. The first kappa shape index (κ1) is 13.9. The molecule has 1 N–H and O–H groups in total. The van der Waals surface area contributed by atoms with E-state index in [0.717, 1.165) is 13.0 Å². The largest absolute Gasteiger partial charge is 0.337 e.